The molecule has 5 heteroatoms. The molecule has 0 spiro atoms. The number of primary amides is 1. The number of amides is 1. The Hall–Kier alpha value is -1.36. The molecule has 1 rings (SSSR count). The standard InChI is InChI=1S/C9H15N3O2/c1-6(2)3-11-4-7-5-14-12-8(7)9(10)13/h5-6,11H,3-4H2,1-2H3,(H2,10,13). The van der Waals surface area contributed by atoms with Gasteiger partial charge in [0.05, 0.1) is 0 Å². The van der Waals surface area contributed by atoms with Crippen LogP contribution in [-0.4, -0.2) is 17.6 Å². The molecule has 0 aliphatic rings. The van der Waals surface area contributed by atoms with Gasteiger partial charge in [-0.25, -0.2) is 0 Å². The summed E-state index contributed by atoms with van der Waals surface area (Å²) >= 11 is 0. The lowest BCUT2D eigenvalue weighted by Gasteiger charge is -2.05. The minimum absolute atomic E-state index is 0.209. The van der Waals surface area contributed by atoms with Gasteiger partial charge in [-0.05, 0) is 12.5 Å². The molecule has 1 aromatic rings. The predicted octanol–water partition coefficient (Wildman–Crippen LogP) is 0.519. The minimum Gasteiger partial charge on any atom is -0.364 e. The van der Waals surface area contributed by atoms with Crippen LogP contribution in [-0.2, 0) is 6.54 Å². The molecule has 0 saturated carbocycles. The molecule has 3 N–H and O–H groups in total. The van der Waals surface area contributed by atoms with Gasteiger partial charge in [-0.15, -0.1) is 0 Å². The number of hydrogen-bond acceptors (Lipinski definition) is 4. The van der Waals surface area contributed by atoms with Crippen LogP contribution in [0, 0.1) is 5.92 Å². The second-order valence-corrected chi connectivity index (χ2v) is 3.58. The van der Waals surface area contributed by atoms with Crippen LogP contribution in [0.5, 0.6) is 0 Å². The lowest BCUT2D eigenvalue weighted by atomic mass is 10.2. The maximum Gasteiger partial charge on any atom is 0.271 e. The van der Waals surface area contributed by atoms with Crippen LogP contribution < -0.4 is 11.1 Å². The number of nitrogens with one attached hydrogen (secondary N) is 1. The van der Waals surface area contributed by atoms with Crippen LogP contribution in [0.3, 0.4) is 0 Å². The average Bonchev–Trinajstić information content (AvgIpc) is 2.51. The first-order valence-corrected chi connectivity index (χ1v) is 4.55. The van der Waals surface area contributed by atoms with Gasteiger partial charge in [0.25, 0.3) is 5.91 Å². The van der Waals surface area contributed by atoms with Crippen molar-refractivity contribution in [2.45, 2.75) is 20.4 Å². The maximum atomic E-state index is 10.9. The zero-order valence-corrected chi connectivity index (χ0v) is 8.41. The fourth-order valence-corrected chi connectivity index (χ4v) is 1.08. The summed E-state index contributed by atoms with van der Waals surface area (Å²) in [6, 6.07) is 0. The summed E-state index contributed by atoms with van der Waals surface area (Å²) in [7, 11) is 0. The number of rotatable bonds is 5. The van der Waals surface area contributed by atoms with Gasteiger partial charge in [0.15, 0.2) is 5.69 Å². The van der Waals surface area contributed by atoms with Crippen LogP contribution in [0.15, 0.2) is 10.8 Å². The highest BCUT2D eigenvalue weighted by atomic mass is 16.5. The van der Waals surface area contributed by atoms with E-state index in [1.165, 1.54) is 6.26 Å². The monoisotopic (exact) mass is 197 g/mol. The second-order valence-electron chi connectivity index (χ2n) is 3.58. The number of aromatic nitrogens is 1. The van der Waals surface area contributed by atoms with E-state index in [-0.39, 0.29) is 5.69 Å². The molecule has 78 valence electrons. The van der Waals surface area contributed by atoms with E-state index >= 15 is 0 Å². The zero-order chi connectivity index (χ0) is 10.6. The summed E-state index contributed by atoms with van der Waals surface area (Å²) < 4.78 is 4.67. The van der Waals surface area contributed by atoms with Crippen molar-refractivity contribution >= 4 is 5.91 Å². The molecule has 0 saturated heterocycles. The molecule has 1 heterocycles. The fourth-order valence-electron chi connectivity index (χ4n) is 1.08. The van der Waals surface area contributed by atoms with Crippen LogP contribution in [0.2, 0.25) is 0 Å². The SMILES string of the molecule is CC(C)CNCc1conc1C(N)=O. The largest absolute Gasteiger partial charge is 0.364 e. The van der Waals surface area contributed by atoms with Gasteiger partial charge < -0.3 is 15.6 Å². The summed E-state index contributed by atoms with van der Waals surface area (Å²) in [5, 5.41) is 6.70. The summed E-state index contributed by atoms with van der Waals surface area (Å²) in [6.45, 7) is 5.65. The summed E-state index contributed by atoms with van der Waals surface area (Å²) in [5.74, 6) is 0.00647. The number of nitrogens with zero attached hydrogens (tertiary/aromatic N) is 1. The van der Waals surface area contributed by atoms with Crippen molar-refractivity contribution < 1.29 is 9.32 Å². The van der Waals surface area contributed by atoms with Gasteiger partial charge in [-0.1, -0.05) is 19.0 Å². The van der Waals surface area contributed by atoms with Crippen LogP contribution in [0.1, 0.15) is 29.9 Å². The second kappa shape index (κ2) is 4.76. The third kappa shape index (κ3) is 2.85. The first-order valence-electron chi connectivity index (χ1n) is 4.55. The van der Waals surface area contributed by atoms with Crippen molar-refractivity contribution in [2.24, 2.45) is 11.7 Å². The number of carbonyl (C=O) groups excluding carboxylic acids is 1. The normalized spacial score (nSPS) is 10.8. The molecule has 1 aromatic heterocycles. The molecule has 0 aliphatic heterocycles. The van der Waals surface area contributed by atoms with Crippen molar-refractivity contribution in [3.8, 4) is 0 Å². The number of hydrogen-bond donors (Lipinski definition) is 2. The predicted molar refractivity (Wildman–Crippen MR) is 51.6 cm³/mol. The van der Waals surface area contributed by atoms with E-state index in [0.29, 0.717) is 18.0 Å². The Morgan fingerprint density at radius 1 is 1.71 bits per heavy atom. The molecule has 1 amide bonds. The molecular weight excluding hydrogens is 182 g/mol. The lowest BCUT2D eigenvalue weighted by molar-refractivity contribution is 0.0991. The quantitative estimate of drug-likeness (QED) is 0.721. The van der Waals surface area contributed by atoms with E-state index in [1.54, 1.807) is 0 Å². The van der Waals surface area contributed by atoms with E-state index in [2.05, 4.69) is 28.8 Å². The highest BCUT2D eigenvalue weighted by Crippen LogP contribution is 2.05. The van der Waals surface area contributed by atoms with Crippen molar-refractivity contribution in [1.82, 2.24) is 10.5 Å². The first kappa shape index (κ1) is 10.7. The van der Waals surface area contributed by atoms with Crippen LogP contribution in [0.4, 0.5) is 0 Å². The van der Waals surface area contributed by atoms with E-state index in [0.717, 1.165) is 6.54 Å². The molecule has 0 fully saturated rings. The van der Waals surface area contributed by atoms with Crippen LogP contribution >= 0.6 is 0 Å². The van der Waals surface area contributed by atoms with Crippen molar-refractivity contribution in [3.63, 3.8) is 0 Å². The Bertz CT molecular complexity index is 307. The summed E-state index contributed by atoms with van der Waals surface area (Å²) in [6.07, 6.45) is 1.44. The topological polar surface area (TPSA) is 81.2 Å². The maximum absolute atomic E-state index is 10.9. The van der Waals surface area contributed by atoms with Crippen molar-refractivity contribution in [3.05, 3.63) is 17.5 Å². The van der Waals surface area contributed by atoms with Gasteiger partial charge in [0.2, 0.25) is 0 Å². The van der Waals surface area contributed by atoms with E-state index in [9.17, 15) is 4.79 Å². The summed E-state index contributed by atoms with van der Waals surface area (Å²) in [5.41, 5.74) is 6.02. The molecule has 5 nitrogen and oxygen atoms in total. The lowest BCUT2D eigenvalue weighted by Crippen LogP contribution is -2.21. The molecular formula is C9H15N3O2. The number of nitrogens with two attached hydrogens (primary N) is 1. The third-order valence-electron chi connectivity index (χ3n) is 1.74. The Balaban J connectivity index is 2.50. The first-order chi connectivity index (χ1) is 6.61. The van der Waals surface area contributed by atoms with Gasteiger partial charge in [-0.2, -0.15) is 0 Å². The van der Waals surface area contributed by atoms with Crippen molar-refractivity contribution in [1.29, 1.82) is 0 Å². The molecule has 0 bridgehead atoms. The van der Waals surface area contributed by atoms with E-state index < -0.39 is 5.91 Å². The molecule has 0 unspecified atom stereocenters. The molecule has 0 aromatic carbocycles. The molecule has 0 radical (unpaired) electrons. The highest BCUT2D eigenvalue weighted by Gasteiger charge is 2.12. The molecule has 14 heavy (non-hydrogen) atoms. The Kier molecular flexibility index (Phi) is 3.64. The fraction of sp³-hybridized carbons (Fsp3) is 0.556. The molecule has 0 aliphatic carbocycles. The Morgan fingerprint density at radius 2 is 2.43 bits per heavy atom. The highest BCUT2D eigenvalue weighted by molar-refractivity contribution is 5.91. The van der Waals surface area contributed by atoms with E-state index in [4.69, 9.17) is 5.73 Å². The smallest absolute Gasteiger partial charge is 0.271 e. The van der Waals surface area contributed by atoms with E-state index in [1.807, 2.05) is 0 Å². The summed E-state index contributed by atoms with van der Waals surface area (Å²) in [4.78, 5) is 10.9. The Labute approximate surface area is 82.6 Å². The minimum atomic E-state index is -0.555. The third-order valence-corrected chi connectivity index (χ3v) is 1.74. The van der Waals surface area contributed by atoms with Gasteiger partial charge in [0, 0.05) is 12.1 Å². The Morgan fingerprint density at radius 3 is 3.00 bits per heavy atom. The van der Waals surface area contributed by atoms with Gasteiger partial charge in [0.1, 0.15) is 6.26 Å². The average molecular weight is 197 g/mol. The number of carbonyl (C=O) groups is 1. The van der Waals surface area contributed by atoms with Crippen LogP contribution in [0.25, 0.3) is 0 Å². The zero-order valence-electron chi connectivity index (χ0n) is 8.41. The van der Waals surface area contributed by atoms with Gasteiger partial charge in [-0.3, -0.25) is 4.79 Å². The molecule has 0 atom stereocenters. The van der Waals surface area contributed by atoms with Crippen molar-refractivity contribution in [2.75, 3.05) is 6.54 Å². The van der Waals surface area contributed by atoms with Gasteiger partial charge >= 0.3 is 0 Å².